The van der Waals surface area contributed by atoms with Gasteiger partial charge < -0.3 is 4.90 Å². The third kappa shape index (κ3) is 4.68. The first kappa shape index (κ1) is 21.7. The van der Waals surface area contributed by atoms with Gasteiger partial charge in [-0.25, -0.2) is 18.3 Å². The molecule has 1 saturated heterocycles. The van der Waals surface area contributed by atoms with Crippen LogP contribution in [0.5, 0.6) is 0 Å². The normalized spacial score (nSPS) is 21.2. The van der Waals surface area contributed by atoms with E-state index in [-0.39, 0.29) is 30.6 Å². The number of nitrogens with zero attached hydrogens (tertiary/aromatic N) is 7. The number of hydrogen-bond donors (Lipinski definition) is 1. The fourth-order valence-electron chi connectivity index (χ4n) is 4.85. The van der Waals surface area contributed by atoms with E-state index in [4.69, 9.17) is 0 Å². The maximum atomic E-state index is 15.3. The van der Waals surface area contributed by atoms with E-state index in [1.165, 1.54) is 6.07 Å². The van der Waals surface area contributed by atoms with E-state index >= 15 is 4.39 Å². The maximum Gasteiger partial charge on any atom is 0.248 e. The van der Waals surface area contributed by atoms with Gasteiger partial charge in [0.1, 0.15) is 5.82 Å². The lowest BCUT2D eigenvalue weighted by Crippen LogP contribution is -2.51. The van der Waals surface area contributed by atoms with Crippen LogP contribution in [0.3, 0.4) is 0 Å². The number of aromatic amines is 1. The van der Waals surface area contributed by atoms with Crippen LogP contribution in [0.15, 0.2) is 30.5 Å². The first-order valence-electron chi connectivity index (χ1n) is 11.1. The molecule has 2 aromatic heterocycles. The van der Waals surface area contributed by atoms with Gasteiger partial charge in [-0.15, -0.1) is 5.10 Å². The average Bonchev–Trinajstić information content (AvgIpc) is 3.28. The van der Waals surface area contributed by atoms with Crippen LogP contribution in [-0.4, -0.2) is 67.3 Å². The Labute approximate surface area is 189 Å². The van der Waals surface area contributed by atoms with E-state index in [1.54, 1.807) is 6.20 Å². The fourth-order valence-corrected chi connectivity index (χ4v) is 4.85. The SMILES string of the molecule is C[C@H]1CN(c2cc(CC3CC(F)(F)C3)cc(F)c2-c2nnn[nH]2)CCN1Cc1cccnn1. The summed E-state index contributed by atoms with van der Waals surface area (Å²) in [6, 6.07) is 7.32. The highest BCUT2D eigenvalue weighted by Crippen LogP contribution is 2.44. The second-order valence-electron chi connectivity index (χ2n) is 9.04. The smallest absolute Gasteiger partial charge is 0.248 e. The number of nitrogens with one attached hydrogen (secondary N) is 1. The fraction of sp³-hybridized carbons (Fsp3) is 0.500. The van der Waals surface area contributed by atoms with Gasteiger partial charge in [-0.05, 0) is 59.5 Å². The van der Waals surface area contributed by atoms with Gasteiger partial charge in [0, 0.05) is 51.3 Å². The van der Waals surface area contributed by atoms with Crippen LogP contribution >= 0.6 is 0 Å². The maximum absolute atomic E-state index is 15.3. The monoisotopic (exact) mass is 458 g/mol. The second kappa shape index (κ2) is 8.69. The highest BCUT2D eigenvalue weighted by atomic mass is 19.3. The van der Waals surface area contributed by atoms with Gasteiger partial charge in [-0.1, -0.05) is 0 Å². The van der Waals surface area contributed by atoms with Crippen LogP contribution in [0.2, 0.25) is 0 Å². The van der Waals surface area contributed by atoms with Crippen molar-refractivity contribution in [1.82, 2.24) is 35.7 Å². The van der Waals surface area contributed by atoms with Crippen molar-refractivity contribution in [2.75, 3.05) is 24.5 Å². The van der Waals surface area contributed by atoms with Gasteiger partial charge >= 0.3 is 0 Å². The molecule has 0 amide bonds. The molecule has 33 heavy (non-hydrogen) atoms. The third-order valence-corrected chi connectivity index (χ3v) is 6.51. The van der Waals surface area contributed by atoms with Gasteiger partial charge in [0.15, 0.2) is 5.82 Å². The molecule has 1 aliphatic heterocycles. The standard InChI is InChI=1S/C22H25F3N8/c1-14-12-33(6-5-32(14)13-17-3-2-4-26-27-17)19-9-15(7-16-10-22(24,25)11-16)8-18(23)20(19)21-28-30-31-29-21/h2-4,8-9,14,16H,5-7,10-13H2,1H3,(H,28,29,30,31)/t14-/m0/s1. The van der Waals surface area contributed by atoms with Gasteiger partial charge in [-0.2, -0.15) is 10.2 Å². The minimum atomic E-state index is -2.59. The summed E-state index contributed by atoms with van der Waals surface area (Å²) >= 11 is 0. The van der Waals surface area contributed by atoms with E-state index in [9.17, 15) is 8.78 Å². The summed E-state index contributed by atoms with van der Waals surface area (Å²) in [5.74, 6) is -2.93. The van der Waals surface area contributed by atoms with Crippen molar-refractivity contribution in [3.05, 3.63) is 47.5 Å². The lowest BCUT2D eigenvalue weighted by atomic mass is 9.77. The minimum Gasteiger partial charge on any atom is -0.368 e. The van der Waals surface area contributed by atoms with E-state index in [0.717, 1.165) is 12.2 Å². The molecule has 3 heterocycles. The van der Waals surface area contributed by atoms with Crippen LogP contribution in [-0.2, 0) is 13.0 Å². The van der Waals surface area contributed by atoms with Crippen molar-refractivity contribution in [1.29, 1.82) is 0 Å². The Kier molecular flexibility index (Phi) is 5.73. The number of halogens is 3. The number of benzene rings is 1. The molecule has 0 radical (unpaired) electrons. The molecular weight excluding hydrogens is 433 g/mol. The molecule has 1 aromatic carbocycles. The van der Waals surface area contributed by atoms with Crippen molar-refractivity contribution in [3.8, 4) is 11.4 Å². The van der Waals surface area contributed by atoms with Crippen molar-refractivity contribution < 1.29 is 13.2 Å². The number of piperazine rings is 1. The van der Waals surface area contributed by atoms with Crippen LogP contribution in [0.1, 0.15) is 31.0 Å². The summed E-state index contributed by atoms with van der Waals surface area (Å²) in [7, 11) is 0. The molecule has 1 aliphatic carbocycles. The molecule has 1 atom stereocenters. The Morgan fingerprint density at radius 1 is 1.18 bits per heavy atom. The number of tetrazole rings is 1. The summed E-state index contributed by atoms with van der Waals surface area (Å²) in [6.45, 7) is 4.90. The van der Waals surface area contributed by atoms with Crippen molar-refractivity contribution in [2.24, 2.45) is 5.92 Å². The molecule has 2 fully saturated rings. The quantitative estimate of drug-likeness (QED) is 0.607. The molecule has 0 unspecified atom stereocenters. The number of aromatic nitrogens is 6. The van der Waals surface area contributed by atoms with Gasteiger partial charge in [0.25, 0.3) is 0 Å². The number of hydrogen-bond acceptors (Lipinski definition) is 7. The first-order chi connectivity index (χ1) is 15.9. The summed E-state index contributed by atoms with van der Waals surface area (Å²) < 4.78 is 41.9. The van der Waals surface area contributed by atoms with Gasteiger partial charge in [0.05, 0.1) is 16.9 Å². The van der Waals surface area contributed by atoms with Crippen LogP contribution in [0.25, 0.3) is 11.4 Å². The van der Waals surface area contributed by atoms with Crippen molar-refractivity contribution in [2.45, 2.75) is 44.7 Å². The third-order valence-electron chi connectivity index (χ3n) is 6.51. The molecule has 1 saturated carbocycles. The molecule has 3 aromatic rings. The zero-order chi connectivity index (χ0) is 23.0. The first-order valence-corrected chi connectivity index (χ1v) is 11.1. The molecule has 2 aliphatic rings. The molecule has 1 N–H and O–H groups in total. The van der Waals surface area contributed by atoms with E-state index in [0.29, 0.717) is 42.9 Å². The predicted molar refractivity (Wildman–Crippen MR) is 115 cm³/mol. The molecule has 5 rings (SSSR count). The number of H-pyrrole nitrogens is 1. The highest BCUT2D eigenvalue weighted by molar-refractivity contribution is 5.76. The predicted octanol–water partition coefficient (Wildman–Crippen LogP) is 3.09. The van der Waals surface area contributed by atoms with E-state index < -0.39 is 11.7 Å². The highest BCUT2D eigenvalue weighted by Gasteiger charge is 2.45. The number of alkyl halides is 2. The van der Waals surface area contributed by atoms with Crippen LogP contribution in [0.4, 0.5) is 18.9 Å². The Morgan fingerprint density at radius 3 is 2.70 bits per heavy atom. The molecule has 174 valence electrons. The largest absolute Gasteiger partial charge is 0.368 e. The topological polar surface area (TPSA) is 86.7 Å². The summed E-state index contributed by atoms with van der Waals surface area (Å²) in [5.41, 5.74) is 2.60. The Balaban J connectivity index is 1.39. The lowest BCUT2D eigenvalue weighted by molar-refractivity contribution is -0.109. The summed E-state index contributed by atoms with van der Waals surface area (Å²) in [6.07, 6.45) is 1.79. The second-order valence-corrected chi connectivity index (χ2v) is 9.04. The van der Waals surface area contributed by atoms with E-state index in [2.05, 4.69) is 47.5 Å². The molecular formula is C22H25F3N8. The van der Waals surface area contributed by atoms with Crippen LogP contribution < -0.4 is 4.90 Å². The van der Waals surface area contributed by atoms with Gasteiger partial charge in [0.2, 0.25) is 5.92 Å². The number of rotatable bonds is 6. The van der Waals surface area contributed by atoms with Gasteiger partial charge in [-0.3, -0.25) is 4.90 Å². The summed E-state index contributed by atoms with van der Waals surface area (Å²) in [4.78, 5) is 4.44. The zero-order valence-electron chi connectivity index (χ0n) is 18.3. The Hall–Kier alpha value is -3.08. The van der Waals surface area contributed by atoms with Crippen molar-refractivity contribution >= 4 is 5.69 Å². The molecule has 0 bridgehead atoms. The van der Waals surface area contributed by atoms with Crippen LogP contribution in [0, 0.1) is 11.7 Å². The van der Waals surface area contributed by atoms with E-state index in [1.807, 2.05) is 18.2 Å². The molecule has 8 nitrogen and oxygen atoms in total. The average molecular weight is 458 g/mol. The number of anilines is 1. The summed E-state index contributed by atoms with van der Waals surface area (Å²) in [5, 5.41) is 21.9. The molecule has 0 spiro atoms. The Morgan fingerprint density at radius 2 is 2.03 bits per heavy atom. The lowest BCUT2D eigenvalue weighted by Gasteiger charge is -2.41. The minimum absolute atomic E-state index is 0.132. The zero-order valence-corrected chi connectivity index (χ0v) is 18.3. The Bertz CT molecular complexity index is 1080. The van der Waals surface area contributed by atoms with Crippen molar-refractivity contribution in [3.63, 3.8) is 0 Å². The molecule has 11 heteroatoms.